The van der Waals surface area contributed by atoms with Crippen LogP contribution in [0, 0.1) is 5.92 Å². The van der Waals surface area contributed by atoms with Crippen LogP contribution in [0.2, 0.25) is 0 Å². The third kappa shape index (κ3) is 3.30. The maximum absolute atomic E-state index is 11.0. The molecule has 2 N–H and O–H groups in total. The van der Waals surface area contributed by atoms with Crippen molar-refractivity contribution < 1.29 is 9.90 Å². The fourth-order valence-corrected chi connectivity index (χ4v) is 1.66. The van der Waals surface area contributed by atoms with Gasteiger partial charge in [-0.2, -0.15) is 5.10 Å². The second kappa shape index (κ2) is 5.82. The van der Waals surface area contributed by atoms with Gasteiger partial charge < -0.3 is 10.4 Å². The lowest BCUT2D eigenvalue weighted by atomic mass is 10.0. The Morgan fingerprint density at radius 3 is 2.76 bits per heavy atom. The largest absolute Gasteiger partial charge is 0.478 e. The number of aromatic nitrogens is 2. The predicted octanol–water partition coefficient (Wildman–Crippen LogP) is 1.64. The summed E-state index contributed by atoms with van der Waals surface area (Å²) in [6.45, 7) is 6.98. The van der Waals surface area contributed by atoms with Crippen molar-refractivity contribution in [2.75, 3.05) is 0 Å². The van der Waals surface area contributed by atoms with Crippen molar-refractivity contribution in [1.82, 2.24) is 15.1 Å². The van der Waals surface area contributed by atoms with Crippen LogP contribution in [0.1, 0.15) is 43.2 Å². The van der Waals surface area contributed by atoms with Gasteiger partial charge in [0.15, 0.2) is 0 Å². The van der Waals surface area contributed by atoms with Crippen molar-refractivity contribution in [2.24, 2.45) is 13.0 Å². The molecule has 0 radical (unpaired) electrons. The molecule has 0 bridgehead atoms. The summed E-state index contributed by atoms with van der Waals surface area (Å²) < 4.78 is 1.61. The summed E-state index contributed by atoms with van der Waals surface area (Å²) in [6, 6.07) is 0.358. The van der Waals surface area contributed by atoms with Crippen molar-refractivity contribution in [1.29, 1.82) is 0 Å². The van der Waals surface area contributed by atoms with Crippen LogP contribution in [0.25, 0.3) is 0 Å². The molecular weight excluding hydrogens is 218 g/mol. The van der Waals surface area contributed by atoms with E-state index in [1.807, 2.05) is 0 Å². The van der Waals surface area contributed by atoms with Crippen LogP contribution in [-0.2, 0) is 13.6 Å². The predicted molar refractivity (Wildman–Crippen MR) is 65.9 cm³/mol. The zero-order chi connectivity index (χ0) is 13.0. The maximum atomic E-state index is 11.0. The molecule has 0 fully saturated rings. The topological polar surface area (TPSA) is 67.2 Å². The highest BCUT2D eigenvalue weighted by Gasteiger charge is 2.16. The molecule has 0 aromatic carbocycles. The van der Waals surface area contributed by atoms with Gasteiger partial charge in [0.2, 0.25) is 0 Å². The number of aromatic carboxylic acids is 1. The number of rotatable bonds is 6. The average molecular weight is 239 g/mol. The van der Waals surface area contributed by atoms with E-state index in [0.29, 0.717) is 24.2 Å². The van der Waals surface area contributed by atoms with Crippen molar-refractivity contribution >= 4 is 5.97 Å². The molecule has 0 amide bonds. The van der Waals surface area contributed by atoms with Crippen molar-refractivity contribution in [3.8, 4) is 0 Å². The minimum absolute atomic E-state index is 0.274. The lowest BCUT2D eigenvalue weighted by Crippen LogP contribution is -2.32. The molecule has 96 valence electrons. The minimum Gasteiger partial charge on any atom is -0.478 e. The highest BCUT2D eigenvalue weighted by atomic mass is 16.4. The van der Waals surface area contributed by atoms with Gasteiger partial charge in [0, 0.05) is 19.6 Å². The van der Waals surface area contributed by atoms with E-state index < -0.39 is 5.97 Å². The van der Waals surface area contributed by atoms with E-state index in [2.05, 4.69) is 31.2 Å². The summed E-state index contributed by atoms with van der Waals surface area (Å²) in [4.78, 5) is 11.0. The third-order valence-corrected chi connectivity index (χ3v) is 3.38. The number of nitrogens with one attached hydrogen (secondary N) is 1. The first-order valence-corrected chi connectivity index (χ1v) is 5.94. The Kier molecular flexibility index (Phi) is 4.69. The van der Waals surface area contributed by atoms with Crippen LogP contribution in [0.3, 0.4) is 0 Å². The lowest BCUT2D eigenvalue weighted by Gasteiger charge is -2.20. The number of hydrogen-bond acceptors (Lipinski definition) is 3. The molecule has 2 atom stereocenters. The van der Waals surface area contributed by atoms with Crippen molar-refractivity contribution in [3.63, 3.8) is 0 Å². The molecule has 0 aliphatic carbocycles. The van der Waals surface area contributed by atoms with Gasteiger partial charge >= 0.3 is 5.97 Å². The van der Waals surface area contributed by atoms with Crippen LogP contribution >= 0.6 is 0 Å². The molecule has 0 saturated heterocycles. The number of carboxylic acid groups (broad SMARTS) is 1. The number of nitrogens with zero attached hydrogens (tertiary/aromatic N) is 2. The van der Waals surface area contributed by atoms with E-state index in [4.69, 9.17) is 5.11 Å². The summed E-state index contributed by atoms with van der Waals surface area (Å²) in [6.07, 6.45) is 2.50. The second-order valence-corrected chi connectivity index (χ2v) is 4.49. The first kappa shape index (κ1) is 13.7. The summed E-state index contributed by atoms with van der Waals surface area (Å²) in [5.74, 6) is -0.359. The molecular formula is C12H21N3O2. The Hall–Kier alpha value is -1.36. The standard InChI is InChI=1S/C12H21N3O2/c1-5-8(2)9(3)13-7-11-10(12(16)17)6-14-15(11)4/h6,8-9,13H,5,7H2,1-4H3,(H,16,17). The van der Waals surface area contributed by atoms with Crippen LogP contribution in [0.15, 0.2) is 6.20 Å². The molecule has 5 heteroatoms. The van der Waals surface area contributed by atoms with E-state index in [9.17, 15) is 4.79 Å². The highest BCUT2D eigenvalue weighted by molar-refractivity contribution is 5.88. The minimum atomic E-state index is -0.925. The lowest BCUT2D eigenvalue weighted by molar-refractivity contribution is 0.0695. The summed E-state index contributed by atoms with van der Waals surface area (Å²) in [5, 5.41) is 16.3. The molecule has 5 nitrogen and oxygen atoms in total. The molecule has 0 spiro atoms. The van der Waals surface area contributed by atoms with E-state index in [-0.39, 0.29) is 5.56 Å². The summed E-state index contributed by atoms with van der Waals surface area (Å²) >= 11 is 0. The SMILES string of the molecule is CCC(C)C(C)NCc1c(C(=O)O)cnn1C. The molecule has 2 unspecified atom stereocenters. The van der Waals surface area contributed by atoms with Gasteiger partial charge in [-0.05, 0) is 12.8 Å². The van der Waals surface area contributed by atoms with Gasteiger partial charge in [-0.3, -0.25) is 4.68 Å². The maximum Gasteiger partial charge on any atom is 0.339 e. The number of aryl methyl sites for hydroxylation is 1. The van der Waals surface area contributed by atoms with Crippen molar-refractivity contribution in [3.05, 3.63) is 17.5 Å². The number of hydrogen-bond donors (Lipinski definition) is 2. The summed E-state index contributed by atoms with van der Waals surface area (Å²) in [5.41, 5.74) is 0.990. The van der Waals surface area contributed by atoms with Gasteiger partial charge in [-0.1, -0.05) is 20.3 Å². The molecule has 1 aromatic heterocycles. The van der Waals surface area contributed by atoms with Gasteiger partial charge in [-0.25, -0.2) is 4.79 Å². The first-order valence-electron chi connectivity index (χ1n) is 5.94. The fourth-order valence-electron chi connectivity index (χ4n) is 1.66. The monoisotopic (exact) mass is 239 g/mol. The zero-order valence-corrected chi connectivity index (χ0v) is 10.9. The third-order valence-electron chi connectivity index (χ3n) is 3.38. The molecule has 17 heavy (non-hydrogen) atoms. The van der Waals surface area contributed by atoms with Gasteiger partial charge in [0.25, 0.3) is 0 Å². The number of carboxylic acids is 1. The molecule has 0 saturated carbocycles. The molecule has 1 rings (SSSR count). The van der Waals surface area contributed by atoms with Crippen LogP contribution in [-0.4, -0.2) is 26.9 Å². The van der Waals surface area contributed by atoms with Gasteiger partial charge in [-0.15, -0.1) is 0 Å². The normalized spacial score (nSPS) is 14.6. The van der Waals surface area contributed by atoms with E-state index in [1.54, 1.807) is 11.7 Å². The van der Waals surface area contributed by atoms with E-state index in [1.165, 1.54) is 6.20 Å². The first-order chi connectivity index (χ1) is 7.97. The average Bonchev–Trinajstić information content (AvgIpc) is 2.66. The van der Waals surface area contributed by atoms with E-state index in [0.717, 1.165) is 6.42 Å². The Balaban J connectivity index is 2.69. The molecule has 1 heterocycles. The fraction of sp³-hybridized carbons (Fsp3) is 0.667. The van der Waals surface area contributed by atoms with Crippen LogP contribution in [0.5, 0.6) is 0 Å². The second-order valence-electron chi connectivity index (χ2n) is 4.49. The Morgan fingerprint density at radius 2 is 2.24 bits per heavy atom. The van der Waals surface area contributed by atoms with Crippen LogP contribution in [0.4, 0.5) is 0 Å². The molecule has 0 aliphatic heterocycles. The summed E-state index contributed by atoms with van der Waals surface area (Å²) in [7, 11) is 1.76. The van der Waals surface area contributed by atoms with Gasteiger partial charge in [0.1, 0.15) is 5.56 Å². The van der Waals surface area contributed by atoms with Gasteiger partial charge in [0.05, 0.1) is 11.9 Å². The van der Waals surface area contributed by atoms with Crippen molar-refractivity contribution in [2.45, 2.75) is 39.8 Å². The molecule has 0 aliphatic rings. The molecule has 1 aromatic rings. The zero-order valence-electron chi connectivity index (χ0n) is 10.9. The highest BCUT2D eigenvalue weighted by Crippen LogP contribution is 2.10. The van der Waals surface area contributed by atoms with E-state index >= 15 is 0 Å². The number of carbonyl (C=O) groups is 1. The quantitative estimate of drug-likeness (QED) is 0.792. The Labute approximate surface area is 102 Å². The van der Waals surface area contributed by atoms with Crippen LogP contribution < -0.4 is 5.32 Å². The smallest absolute Gasteiger partial charge is 0.339 e. The Bertz CT molecular complexity index is 387. The Morgan fingerprint density at radius 1 is 1.59 bits per heavy atom.